The molecule has 1 aliphatic heterocycles. The Balaban J connectivity index is 2.79. The minimum Gasteiger partial charge on any atom is -0.388 e. The van der Waals surface area contributed by atoms with Gasteiger partial charge in [-0.25, -0.2) is 0 Å². The summed E-state index contributed by atoms with van der Waals surface area (Å²) in [5.41, 5.74) is 4.02. The number of hydrogen-bond donors (Lipinski definition) is 1. The fourth-order valence-electron chi connectivity index (χ4n) is 1.53. The predicted molar refractivity (Wildman–Crippen MR) is 58.5 cm³/mol. The van der Waals surface area contributed by atoms with Crippen molar-refractivity contribution < 1.29 is 0 Å². The van der Waals surface area contributed by atoms with Gasteiger partial charge in [-0.1, -0.05) is 24.3 Å². The lowest BCUT2D eigenvalue weighted by molar-refractivity contribution is 0.716. The van der Waals surface area contributed by atoms with Crippen molar-refractivity contribution in [1.82, 2.24) is 5.32 Å². The first-order chi connectivity index (χ1) is 6.24. The molecule has 0 radical (unpaired) electrons. The van der Waals surface area contributed by atoms with Crippen LogP contribution in [0.1, 0.15) is 33.1 Å². The van der Waals surface area contributed by atoms with Crippen LogP contribution < -0.4 is 5.32 Å². The minimum atomic E-state index is 1.12. The third-order valence-electron chi connectivity index (χ3n) is 2.47. The Bertz CT molecular complexity index is 246. The molecule has 0 spiro atoms. The fraction of sp³-hybridized carbons (Fsp3) is 0.500. The number of nitrogens with one attached hydrogen (secondary N) is 1. The van der Waals surface area contributed by atoms with Crippen LogP contribution in [0.3, 0.4) is 0 Å². The minimum absolute atomic E-state index is 1.12. The normalized spacial score (nSPS) is 19.4. The first-order valence-corrected chi connectivity index (χ1v) is 4.98. The van der Waals surface area contributed by atoms with E-state index in [4.69, 9.17) is 0 Å². The second kappa shape index (κ2) is 4.90. The number of hydrogen-bond acceptors (Lipinski definition) is 1. The van der Waals surface area contributed by atoms with Gasteiger partial charge in [-0.15, -0.1) is 0 Å². The molecule has 0 saturated heterocycles. The van der Waals surface area contributed by atoms with E-state index < -0.39 is 0 Å². The van der Waals surface area contributed by atoms with E-state index in [1.54, 1.807) is 0 Å². The summed E-state index contributed by atoms with van der Waals surface area (Å²) in [6.07, 6.45) is 7.91. The van der Waals surface area contributed by atoms with Gasteiger partial charge in [0.1, 0.15) is 0 Å². The van der Waals surface area contributed by atoms with E-state index in [9.17, 15) is 0 Å². The topological polar surface area (TPSA) is 12.0 Å². The number of allylic oxidation sites excluding steroid dienone is 5. The molecule has 0 amide bonds. The summed E-state index contributed by atoms with van der Waals surface area (Å²) in [5, 5.41) is 3.42. The highest BCUT2D eigenvalue weighted by molar-refractivity contribution is 5.31. The van der Waals surface area contributed by atoms with E-state index in [1.807, 2.05) is 6.08 Å². The highest BCUT2D eigenvalue weighted by Gasteiger charge is 2.04. The Morgan fingerprint density at radius 3 is 2.92 bits per heavy atom. The van der Waals surface area contributed by atoms with Crippen molar-refractivity contribution in [3.05, 3.63) is 35.6 Å². The van der Waals surface area contributed by atoms with Crippen molar-refractivity contribution in [1.29, 1.82) is 0 Å². The lowest BCUT2D eigenvalue weighted by Gasteiger charge is -2.06. The van der Waals surface area contributed by atoms with E-state index in [-0.39, 0.29) is 0 Å². The largest absolute Gasteiger partial charge is 0.388 e. The zero-order valence-electron chi connectivity index (χ0n) is 8.69. The van der Waals surface area contributed by atoms with Gasteiger partial charge in [0.15, 0.2) is 0 Å². The second-order valence-electron chi connectivity index (χ2n) is 3.63. The van der Waals surface area contributed by atoms with Crippen LogP contribution in [-0.4, -0.2) is 6.54 Å². The van der Waals surface area contributed by atoms with Gasteiger partial charge in [0.05, 0.1) is 0 Å². The van der Waals surface area contributed by atoms with Gasteiger partial charge < -0.3 is 5.32 Å². The molecule has 0 aliphatic carbocycles. The van der Waals surface area contributed by atoms with Crippen molar-refractivity contribution >= 4 is 0 Å². The van der Waals surface area contributed by atoms with Crippen LogP contribution in [0.2, 0.25) is 0 Å². The van der Waals surface area contributed by atoms with E-state index in [0.717, 1.165) is 6.54 Å². The average Bonchev–Trinajstić information content (AvgIpc) is 2.32. The molecule has 0 atom stereocenters. The molecule has 0 saturated carbocycles. The van der Waals surface area contributed by atoms with E-state index in [2.05, 4.69) is 31.8 Å². The molecule has 0 fully saturated rings. The summed E-state index contributed by atoms with van der Waals surface area (Å²) in [5.74, 6) is 0. The molecule has 0 aromatic carbocycles. The molecule has 1 heteroatoms. The summed E-state index contributed by atoms with van der Waals surface area (Å²) in [7, 11) is 0. The van der Waals surface area contributed by atoms with Gasteiger partial charge in [-0.2, -0.15) is 0 Å². The van der Waals surface area contributed by atoms with Gasteiger partial charge in [-0.3, -0.25) is 0 Å². The maximum atomic E-state index is 3.76. The van der Waals surface area contributed by atoms with Gasteiger partial charge in [-0.05, 0) is 38.7 Å². The molecule has 1 heterocycles. The van der Waals surface area contributed by atoms with E-state index in [1.165, 1.54) is 36.1 Å². The molecule has 1 aliphatic rings. The van der Waals surface area contributed by atoms with E-state index in [0.29, 0.717) is 0 Å². The van der Waals surface area contributed by atoms with E-state index >= 15 is 0 Å². The van der Waals surface area contributed by atoms with Crippen molar-refractivity contribution in [2.45, 2.75) is 33.1 Å². The molecule has 0 bridgehead atoms. The van der Waals surface area contributed by atoms with Gasteiger partial charge in [0.2, 0.25) is 0 Å². The monoisotopic (exact) mass is 177 g/mol. The van der Waals surface area contributed by atoms with Crippen LogP contribution in [0.4, 0.5) is 0 Å². The molecule has 13 heavy (non-hydrogen) atoms. The van der Waals surface area contributed by atoms with Crippen LogP contribution in [0.5, 0.6) is 0 Å². The molecule has 1 N–H and O–H groups in total. The number of rotatable bonds is 2. The van der Waals surface area contributed by atoms with Crippen molar-refractivity contribution in [3.8, 4) is 0 Å². The zero-order chi connectivity index (χ0) is 9.68. The first kappa shape index (κ1) is 10.1. The average molecular weight is 177 g/mol. The molecule has 1 nitrogen and oxygen atoms in total. The summed E-state index contributed by atoms with van der Waals surface area (Å²) >= 11 is 0. The van der Waals surface area contributed by atoms with Gasteiger partial charge in [0.25, 0.3) is 0 Å². The molecule has 72 valence electrons. The molecular formula is C12H19N. The molecular weight excluding hydrogens is 158 g/mol. The van der Waals surface area contributed by atoms with Gasteiger partial charge >= 0.3 is 0 Å². The van der Waals surface area contributed by atoms with Crippen molar-refractivity contribution in [3.63, 3.8) is 0 Å². The Hall–Kier alpha value is -0.980. The Kier molecular flexibility index (Phi) is 3.81. The fourth-order valence-corrected chi connectivity index (χ4v) is 1.53. The molecule has 0 unspecified atom stereocenters. The lowest BCUT2D eigenvalue weighted by atomic mass is 10.1. The third-order valence-corrected chi connectivity index (χ3v) is 2.47. The second-order valence-corrected chi connectivity index (χ2v) is 3.63. The summed E-state index contributed by atoms with van der Waals surface area (Å²) in [4.78, 5) is 0. The van der Waals surface area contributed by atoms with Crippen LogP contribution in [0, 0.1) is 0 Å². The smallest absolute Gasteiger partial charge is 0.0144 e. The Morgan fingerprint density at radius 2 is 2.23 bits per heavy atom. The Labute approximate surface area is 81.2 Å². The SMILES string of the molecule is C=C/C(C)=C\C1=C(C)NCCCC1. The molecule has 0 aromatic heterocycles. The summed E-state index contributed by atoms with van der Waals surface area (Å²) in [6.45, 7) is 9.14. The third kappa shape index (κ3) is 3.10. The zero-order valence-corrected chi connectivity index (χ0v) is 8.69. The van der Waals surface area contributed by atoms with Crippen molar-refractivity contribution in [2.75, 3.05) is 6.54 Å². The predicted octanol–water partition coefficient (Wildman–Crippen LogP) is 3.17. The first-order valence-electron chi connectivity index (χ1n) is 4.98. The highest BCUT2D eigenvalue weighted by atomic mass is 14.9. The maximum Gasteiger partial charge on any atom is 0.0144 e. The lowest BCUT2D eigenvalue weighted by Crippen LogP contribution is -2.11. The molecule has 1 rings (SSSR count). The van der Waals surface area contributed by atoms with Crippen LogP contribution in [-0.2, 0) is 0 Å². The van der Waals surface area contributed by atoms with Crippen LogP contribution in [0.15, 0.2) is 35.6 Å². The summed E-state index contributed by atoms with van der Waals surface area (Å²) < 4.78 is 0. The van der Waals surface area contributed by atoms with Crippen LogP contribution >= 0.6 is 0 Å². The van der Waals surface area contributed by atoms with Crippen molar-refractivity contribution in [2.24, 2.45) is 0 Å². The highest BCUT2D eigenvalue weighted by Crippen LogP contribution is 2.17. The summed E-state index contributed by atoms with van der Waals surface area (Å²) in [6, 6.07) is 0. The standard InChI is InChI=1S/C12H19N/c1-4-10(2)9-12-7-5-6-8-13-11(12)3/h4,9,13H,1,5-8H2,2-3H3/b10-9-. The quantitative estimate of drug-likeness (QED) is 0.639. The van der Waals surface area contributed by atoms with Gasteiger partial charge in [0, 0.05) is 12.2 Å². The Morgan fingerprint density at radius 1 is 1.46 bits per heavy atom. The molecule has 0 aromatic rings. The maximum absolute atomic E-state index is 3.76. The van der Waals surface area contributed by atoms with Crippen LogP contribution in [0.25, 0.3) is 0 Å².